The summed E-state index contributed by atoms with van der Waals surface area (Å²) in [6.07, 6.45) is 3.29. The molecule has 0 atom stereocenters. The van der Waals surface area contributed by atoms with Crippen molar-refractivity contribution < 1.29 is 8.42 Å². The van der Waals surface area contributed by atoms with E-state index in [2.05, 4.69) is 4.98 Å². The Morgan fingerprint density at radius 1 is 1.32 bits per heavy atom. The molecule has 7 heteroatoms. The van der Waals surface area contributed by atoms with E-state index in [0.29, 0.717) is 16.3 Å². The second-order valence-electron chi connectivity index (χ2n) is 4.03. The van der Waals surface area contributed by atoms with Gasteiger partial charge in [-0.2, -0.15) is 4.31 Å². The second-order valence-corrected chi connectivity index (χ2v) is 7.04. The highest BCUT2D eigenvalue weighted by molar-refractivity contribution is 7.89. The number of thiophene rings is 1. The summed E-state index contributed by atoms with van der Waals surface area (Å²) in [6, 6.07) is 5.19. The molecule has 2 heterocycles. The van der Waals surface area contributed by atoms with E-state index in [-0.39, 0.29) is 6.54 Å². The van der Waals surface area contributed by atoms with E-state index < -0.39 is 10.0 Å². The van der Waals surface area contributed by atoms with Gasteiger partial charge in [0.1, 0.15) is 0 Å². The Morgan fingerprint density at radius 3 is 2.63 bits per heavy atom. The summed E-state index contributed by atoms with van der Waals surface area (Å²) in [5.41, 5.74) is 6.46. The van der Waals surface area contributed by atoms with Crippen LogP contribution in [0.5, 0.6) is 0 Å². The minimum atomic E-state index is -3.49. The highest BCUT2D eigenvalue weighted by atomic mass is 32.2. The molecule has 5 nitrogen and oxygen atoms in total. The monoisotopic (exact) mass is 297 g/mol. The van der Waals surface area contributed by atoms with Gasteiger partial charge in [0.2, 0.25) is 10.0 Å². The zero-order valence-corrected chi connectivity index (χ0v) is 12.1. The molecule has 0 unspecified atom stereocenters. The van der Waals surface area contributed by atoms with Gasteiger partial charge in [-0.15, -0.1) is 11.3 Å². The average molecular weight is 297 g/mol. The van der Waals surface area contributed by atoms with Crippen LogP contribution in [0.4, 0.5) is 0 Å². The number of nitrogens with two attached hydrogens (primary N) is 1. The number of sulfonamides is 1. The summed E-state index contributed by atoms with van der Waals surface area (Å²) in [5, 5.41) is 1.75. The zero-order valence-electron chi connectivity index (χ0n) is 10.5. The van der Waals surface area contributed by atoms with Crippen molar-refractivity contribution in [1.29, 1.82) is 0 Å². The predicted molar refractivity (Wildman–Crippen MR) is 75.1 cm³/mol. The Balaban J connectivity index is 2.25. The molecule has 0 saturated carbocycles. The molecule has 0 aliphatic carbocycles. The number of nitrogens with zero attached hydrogens (tertiary/aromatic N) is 2. The van der Waals surface area contributed by atoms with Crippen LogP contribution >= 0.6 is 11.3 Å². The van der Waals surface area contributed by atoms with Gasteiger partial charge in [-0.05, 0) is 29.1 Å². The Hall–Kier alpha value is -1.28. The van der Waals surface area contributed by atoms with Gasteiger partial charge in [-0.3, -0.25) is 4.98 Å². The van der Waals surface area contributed by atoms with Gasteiger partial charge in [0.05, 0.1) is 4.90 Å². The highest BCUT2D eigenvalue weighted by Crippen LogP contribution is 2.24. The first-order valence-corrected chi connectivity index (χ1v) is 7.99. The predicted octanol–water partition coefficient (Wildman–Crippen LogP) is 1.42. The molecule has 2 aromatic rings. The van der Waals surface area contributed by atoms with Crippen LogP contribution in [0.15, 0.2) is 40.9 Å². The molecule has 0 aromatic carbocycles. The molecule has 0 aliphatic heterocycles. The molecule has 102 valence electrons. The van der Waals surface area contributed by atoms with Crippen LogP contribution in [-0.4, -0.2) is 24.8 Å². The third kappa shape index (κ3) is 3.01. The number of rotatable bonds is 5. The van der Waals surface area contributed by atoms with Crippen molar-refractivity contribution >= 4 is 21.4 Å². The molecule has 2 rings (SSSR count). The molecule has 0 aliphatic rings. The van der Waals surface area contributed by atoms with Crippen molar-refractivity contribution in [3.63, 3.8) is 0 Å². The number of hydrogen-bond acceptors (Lipinski definition) is 5. The number of pyridine rings is 1. The van der Waals surface area contributed by atoms with E-state index >= 15 is 0 Å². The van der Waals surface area contributed by atoms with Crippen molar-refractivity contribution in [3.05, 3.63) is 46.4 Å². The Labute approximate surface area is 116 Å². The largest absolute Gasteiger partial charge is 0.326 e. The zero-order chi connectivity index (χ0) is 13.9. The maximum atomic E-state index is 12.4. The van der Waals surface area contributed by atoms with Crippen LogP contribution in [0.3, 0.4) is 0 Å². The molecule has 2 aromatic heterocycles. The first-order chi connectivity index (χ1) is 9.05. The minimum Gasteiger partial charge on any atom is -0.326 e. The fourth-order valence-corrected chi connectivity index (χ4v) is 4.17. The van der Waals surface area contributed by atoms with E-state index in [0.717, 1.165) is 5.56 Å². The normalized spacial score (nSPS) is 11.9. The molecule has 19 heavy (non-hydrogen) atoms. The maximum absolute atomic E-state index is 12.4. The van der Waals surface area contributed by atoms with Crippen LogP contribution in [0.2, 0.25) is 0 Å². The molecule has 0 bridgehead atoms. The fourth-order valence-electron chi connectivity index (χ4n) is 1.71. The smallest absolute Gasteiger partial charge is 0.244 e. The molecular weight excluding hydrogens is 282 g/mol. The quantitative estimate of drug-likeness (QED) is 0.905. The van der Waals surface area contributed by atoms with E-state index in [9.17, 15) is 8.42 Å². The fraction of sp³-hybridized carbons (Fsp3) is 0.250. The molecule has 0 saturated heterocycles. The van der Waals surface area contributed by atoms with E-state index in [1.165, 1.54) is 15.6 Å². The van der Waals surface area contributed by atoms with Crippen molar-refractivity contribution in [3.8, 4) is 0 Å². The molecule has 0 radical (unpaired) electrons. The van der Waals surface area contributed by atoms with E-state index in [1.807, 2.05) is 0 Å². The number of hydrogen-bond donors (Lipinski definition) is 1. The van der Waals surface area contributed by atoms with Crippen LogP contribution in [0.1, 0.15) is 10.4 Å². The van der Waals surface area contributed by atoms with Crippen molar-refractivity contribution in [2.75, 3.05) is 7.05 Å². The lowest BCUT2D eigenvalue weighted by Crippen LogP contribution is -2.27. The molecule has 0 amide bonds. The van der Waals surface area contributed by atoms with Crippen LogP contribution in [-0.2, 0) is 23.1 Å². The van der Waals surface area contributed by atoms with Gasteiger partial charge in [-0.25, -0.2) is 8.42 Å². The standard InChI is InChI=1S/C12H15N3O2S2/c1-15(9-10-2-5-14-6-3-10)19(16,17)12-4-7-18-11(12)8-13/h2-7H,8-9,13H2,1H3. The summed E-state index contributed by atoms with van der Waals surface area (Å²) in [4.78, 5) is 4.89. The molecule has 0 fully saturated rings. The highest BCUT2D eigenvalue weighted by Gasteiger charge is 2.24. The van der Waals surface area contributed by atoms with Crippen molar-refractivity contribution in [2.45, 2.75) is 18.0 Å². The van der Waals surface area contributed by atoms with E-state index in [1.54, 1.807) is 43.0 Å². The van der Waals surface area contributed by atoms with Gasteiger partial charge in [0.25, 0.3) is 0 Å². The van der Waals surface area contributed by atoms with Gasteiger partial charge >= 0.3 is 0 Å². The summed E-state index contributed by atoms with van der Waals surface area (Å²) in [6.45, 7) is 0.542. The number of aromatic nitrogens is 1. The summed E-state index contributed by atoms with van der Waals surface area (Å²) >= 11 is 1.36. The van der Waals surface area contributed by atoms with E-state index in [4.69, 9.17) is 5.73 Å². The van der Waals surface area contributed by atoms with Crippen LogP contribution in [0, 0.1) is 0 Å². The van der Waals surface area contributed by atoms with Gasteiger partial charge in [-0.1, -0.05) is 0 Å². The summed E-state index contributed by atoms with van der Waals surface area (Å²) in [5.74, 6) is 0. The summed E-state index contributed by atoms with van der Waals surface area (Å²) < 4.78 is 26.2. The Bertz CT molecular complexity index is 638. The Kier molecular flexibility index (Phi) is 4.31. The minimum absolute atomic E-state index is 0.231. The van der Waals surface area contributed by atoms with Crippen LogP contribution in [0.25, 0.3) is 0 Å². The SMILES string of the molecule is CN(Cc1ccncc1)S(=O)(=O)c1ccsc1CN. The van der Waals surface area contributed by atoms with Crippen molar-refractivity contribution in [1.82, 2.24) is 9.29 Å². The molecule has 0 spiro atoms. The van der Waals surface area contributed by atoms with Crippen molar-refractivity contribution in [2.24, 2.45) is 5.73 Å². The third-order valence-corrected chi connectivity index (χ3v) is 5.69. The Morgan fingerprint density at radius 2 is 2.00 bits per heavy atom. The third-order valence-electron chi connectivity index (χ3n) is 2.73. The average Bonchev–Trinajstić information content (AvgIpc) is 2.88. The second kappa shape index (κ2) is 5.79. The lowest BCUT2D eigenvalue weighted by molar-refractivity contribution is 0.466. The van der Waals surface area contributed by atoms with Gasteiger partial charge < -0.3 is 5.73 Å². The lowest BCUT2D eigenvalue weighted by atomic mass is 10.3. The lowest BCUT2D eigenvalue weighted by Gasteiger charge is -2.17. The van der Waals surface area contributed by atoms with Gasteiger partial charge in [0.15, 0.2) is 0 Å². The summed E-state index contributed by atoms with van der Waals surface area (Å²) in [7, 11) is -1.93. The topological polar surface area (TPSA) is 76.3 Å². The molecular formula is C12H15N3O2S2. The van der Waals surface area contributed by atoms with Crippen LogP contribution < -0.4 is 5.73 Å². The molecule has 2 N–H and O–H groups in total. The first-order valence-electron chi connectivity index (χ1n) is 5.67. The first kappa shape index (κ1) is 14.1. The van der Waals surface area contributed by atoms with Gasteiger partial charge in [0, 0.05) is 37.4 Å². The maximum Gasteiger partial charge on any atom is 0.244 e.